The van der Waals surface area contributed by atoms with Gasteiger partial charge in [0.25, 0.3) is 0 Å². The highest BCUT2D eigenvalue weighted by atomic mass is 35.5. The van der Waals surface area contributed by atoms with Crippen LogP contribution in [-0.4, -0.2) is 10.2 Å². The van der Waals surface area contributed by atoms with Crippen molar-refractivity contribution in [3.05, 3.63) is 46.1 Å². The van der Waals surface area contributed by atoms with Gasteiger partial charge in [0, 0.05) is 21.8 Å². The van der Waals surface area contributed by atoms with Gasteiger partial charge < -0.3 is 4.74 Å². The Morgan fingerprint density at radius 2 is 1.95 bits per heavy atom. The average molecular weight is 293 g/mol. The fourth-order valence-electron chi connectivity index (χ4n) is 2.17. The Morgan fingerprint density at radius 3 is 2.60 bits per heavy atom. The van der Waals surface area contributed by atoms with Gasteiger partial charge in [-0.15, -0.1) is 5.10 Å². The molecule has 0 aliphatic carbocycles. The van der Waals surface area contributed by atoms with E-state index in [0.29, 0.717) is 11.8 Å². The summed E-state index contributed by atoms with van der Waals surface area (Å²) < 4.78 is 5.95. The summed E-state index contributed by atoms with van der Waals surface area (Å²) in [5.41, 5.74) is 3.20. The lowest BCUT2D eigenvalue weighted by Gasteiger charge is -2.15. The van der Waals surface area contributed by atoms with E-state index in [-0.39, 0.29) is 6.10 Å². The van der Waals surface area contributed by atoms with Crippen LogP contribution in [0.2, 0.25) is 5.02 Å². The molecule has 20 heavy (non-hydrogen) atoms. The molecule has 1 aromatic heterocycles. The molecule has 1 heterocycles. The van der Waals surface area contributed by atoms with Gasteiger partial charge in [-0.25, -0.2) is 0 Å². The van der Waals surface area contributed by atoms with Gasteiger partial charge in [-0.05, 0) is 32.3 Å². The highest BCUT2D eigenvalue weighted by Crippen LogP contribution is 2.29. The summed E-state index contributed by atoms with van der Waals surface area (Å²) in [5.74, 6) is 1.25. The smallest absolute Gasteiger partial charge is 0.236 e. The molecule has 0 unspecified atom stereocenters. The fourth-order valence-corrected chi connectivity index (χ4v) is 2.46. The van der Waals surface area contributed by atoms with Crippen molar-refractivity contribution in [2.75, 3.05) is 0 Å². The van der Waals surface area contributed by atoms with Gasteiger partial charge in [0.1, 0.15) is 6.10 Å². The summed E-state index contributed by atoms with van der Waals surface area (Å²) in [6, 6.07) is 7.73. The van der Waals surface area contributed by atoms with Crippen LogP contribution in [0.4, 0.5) is 0 Å². The summed E-state index contributed by atoms with van der Waals surface area (Å²) >= 11 is 6.19. The van der Waals surface area contributed by atoms with Gasteiger partial charge in [-0.1, -0.05) is 43.6 Å². The number of rotatable bonds is 5. The predicted octanol–water partition coefficient (Wildman–Crippen LogP) is 4.71. The number of hydrogen-bond acceptors (Lipinski definition) is 2. The first-order valence-corrected chi connectivity index (χ1v) is 7.31. The monoisotopic (exact) mass is 292 g/mol. The SMILES string of the molecule is Cc1c(O[C@H](C)c2ccccc2Cl)n[nH]c1CC(C)C. The van der Waals surface area contributed by atoms with Crippen molar-refractivity contribution < 1.29 is 4.74 Å². The van der Waals surface area contributed by atoms with Gasteiger partial charge in [-0.2, -0.15) is 0 Å². The molecule has 0 spiro atoms. The molecule has 0 bridgehead atoms. The number of benzene rings is 1. The van der Waals surface area contributed by atoms with Crippen LogP contribution < -0.4 is 4.74 Å². The lowest BCUT2D eigenvalue weighted by molar-refractivity contribution is 0.216. The maximum absolute atomic E-state index is 6.19. The number of ether oxygens (including phenoxy) is 1. The minimum Gasteiger partial charge on any atom is -0.468 e. The standard InChI is InChI=1S/C16H21ClN2O/c1-10(2)9-15-11(3)16(19-18-15)20-12(4)13-7-5-6-8-14(13)17/h5-8,10,12H,9H2,1-4H3,(H,18,19)/t12-/m1/s1. The van der Waals surface area contributed by atoms with E-state index in [1.54, 1.807) is 0 Å². The highest BCUT2D eigenvalue weighted by molar-refractivity contribution is 6.31. The first-order chi connectivity index (χ1) is 9.49. The largest absolute Gasteiger partial charge is 0.468 e. The summed E-state index contributed by atoms with van der Waals surface area (Å²) in [6.45, 7) is 8.40. The maximum Gasteiger partial charge on any atom is 0.236 e. The molecule has 4 heteroatoms. The van der Waals surface area contributed by atoms with Crippen molar-refractivity contribution in [2.24, 2.45) is 5.92 Å². The Labute approximate surface area is 125 Å². The Morgan fingerprint density at radius 1 is 1.25 bits per heavy atom. The molecule has 1 atom stereocenters. The van der Waals surface area contributed by atoms with Crippen LogP contribution in [0.3, 0.4) is 0 Å². The average Bonchev–Trinajstić information content (AvgIpc) is 2.71. The van der Waals surface area contributed by atoms with Crippen molar-refractivity contribution in [1.29, 1.82) is 0 Å². The van der Waals surface area contributed by atoms with Crippen LogP contribution in [0, 0.1) is 12.8 Å². The zero-order valence-electron chi connectivity index (χ0n) is 12.4. The third kappa shape index (κ3) is 3.34. The number of nitrogens with zero attached hydrogens (tertiary/aromatic N) is 1. The molecule has 0 amide bonds. The molecule has 0 saturated carbocycles. The predicted molar refractivity (Wildman–Crippen MR) is 82.4 cm³/mol. The first-order valence-electron chi connectivity index (χ1n) is 6.94. The Bertz CT molecular complexity index is 578. The van der Waals surface area contributed by atoms with Crippen LogP contribution >= 0.6 is 11.6 Å². The highest BCUT2D eigenvalue weighted by Gasteiger charge is 2.16. The molecular formula is C16H21ClN2O. The second-order valence-electron chi connectivity index (χ2n) is 5.51. The summed E-state index contributed by atoms with van der Waals surface area (Å²) in [7, 11) is 0. The van der Waals surface area contributed by atoms with E-state index >= 15 is 0 Å². The van der Waals surface area contributed by atoms with Crippen LogP contribution in [0.25, 0.3) is 0 Å². The van der Waals surface area contributed by atoms with E-state index in [9.17, 15) is 0 Å². The molecule has 0 aliphatic rings. The quantitative estimate of drug-likeness (QED) is 0.866. The molecule has 108 valence electrons. The van der Waals surface area contributed by atoms with Crippen molar-refractivity contribution in [3.8, 4) is 5.88 Å². The van der Waals surface area contributed by atoms with Gasteiger partial charge >= 0.3 is 0 Å². The van der Waals surface area contributed by atoms with Crippen molar-refractivity contribution in [2.45, 2.75) is 40.2 Å². The number of hydrogen-bond donors (Lipinski definition) is 1. The molecule has 3 nitrogen and oxygen atoms in total. The van der Waals surface area contributed by atoms with E-state index in [0.717, 1.165) is 28.3 Å². The van der Waals surface area contributed by atoms with E-state index < -0.39 is 0 Å². The van der Waals surface area contributed by atoms with Crippen LogP contribution in [0.15, 0.2) is 24.3 Å². The molecule has 0 fully saturated rings. The van der Waals surface area contributed by atoms with Crippen molar-refractivity contribution in [3.63, 3.8) is 0 Å². The molecule has 0 radical (unpaired) electrons. The summed E-state index contributed by atoms with van der Waals surface area (Å²) in [6.07, 6.45) is 0.848. The minimum atomic E-state index is -0.127. The molecule has 1 N–H and O–H groups in total. The first kappa shape index (κ1) is 14.9. The molecular weight excluding hydrogens is 272 g/mol. The maximum atomic E-state index is 6.19. The topological polar surface area (TPSA) is 37.9 Å². The fraction of sp³-hybridized carbons (Fsp3) is 0.438. The lowest BCUT2D eigenvalue weighted by Crippen LogP contribution is -2.05. The number of halogens is 1. The zero-order chi connectivity index (χ0) is 14.7. The van der Waals surface area contributed by atoms with Gasteiger partial charge in [0.05, 0.1) is 0 Å². The molecule has 0 saturated heterocycles. The minimum absolute atomic E-state index is 0.127. The molecule has 1 aromatic carbocycles. The van der Waals surface area contributed by atoms with E-state index in [1.165, 1.54) is 0 Å². The van der Waals surface area contributed by atoms with Crippen LogP contribution in [-0.2, 0) is 6.42 Å². The van der Waals surface area contributed by atoms with Gasteiger partial charge in [0.15, 0.2) is 0 Å². The normalized spacial score (nSPS) is 12.7. The second-order valence-corrected chi connectivity index (χ2v) is 5.92. The summed E-state index contributed by atoms with van der Waals surface area (Å²) in [5, 5.41) is 8.06. The Kier molecular flexibility index (Phi) is 4.71. The number of H-pyrrole nitrogens is 1. The molecule has 2 aromatic rings. The third-order valence-electron chi connectivity index (χ3n) is 3.31. The second kappa shape index (κ2) is 6.31. The Hall–Kier alpha value is -1.48. The van der Waals surface area contributed by atoms with Crippen LogP contribution in [0.1, 0.15) is 43.7 Å². The zero-order valence-corrected chi connectivity index (χ0v) is 13.2. The lowest BCUT2D eigenvalue weighted by atomic mass is 10.1. The summed E-state index contributed by atoms with van der Waals surface area (Å²) in [4.78, 5) is 0. The van der Waals surface area contributed by atoms with Gasteiger partial charge in [-0.3, -0.25) is 5.10 Å². The van der Waals surface area contributed by atoms with Crippen molar-refractivity contribution in [1.82, 2.24) is 10.2 Å². The third-order valence-corrected chi connectivity index (χ3v) is 3.65. The van der Waals surface area contributed by atoms with E-state index in [4.69, 9.17) is 16.3 Å². The molecule has 0 aliphatic heterocycles. The van der Waals surface area contributed by atoms with Crippen LogP contribution in [0.5, 0.6) is 5.88 Å². The van der Waals surface area contributed by atoms with Gasteiger partial charge in [0.2, 0.25) is 5.88 Å². The number of aromatic nitrogens is 2. The van der Waals surface area contributed by atoms with Crippen molar-refractivity contribution >= 4 is 11.6 Å². The van der Waals surface area contributed by atoms with E-state index in [1.807, 2.05) is 38.1 Å². The number of nitrogens with one attached hydrogen (secondary N) is 1. The Balaban J connectivity index is 2.14. The number of aromatic amines is 1. The molecule has 2 rings (SSSR count). The van der Waals surface area contributed by atoms with E-state index in [2.05, 4.69) is 24.0 Å².